The molecule has 4 N–H and O–H groups in total. The lowest BCUT2D eigenvalue weighted by Crippen LogP contribution is -2.35. The molecule has 19 heavy (non-hydrogen) atoms. The van der Waals surface area contributed by atoms with Crippen LogP contribution in [0.2, 0.25) is 0 Å². The lowest BCUT2D eigenvalue weighted by molar-refractivity contribution is -0.117. The zero-order valence-electron chi connectivity index (χ0n) is 11.4. The van der Waals surface area contributed by atoms with Gasteiger partial charge in [0.05, 0.1) is 6.04 Å². The topological polar surface area (TPSA) is 84.2 Å². The van der Waals surface area contributed by atoms with Gasteiger partial charge in [0.15, 0.2) is 0 Å². The van der Waals surface area contributed by atoms with Crippen molar-refractivity contribution in [1.82, 2.24) is 5.32 Å². The number of hydrogen-bond acceptors (Lipinski definition) is 3. The molecule has 5 heteroatoms. The van der Waals surface area contributed by atoms with Gasteiger partial charge >= 0.3 is 0 Å². The highest BCUT2D eigenvalue weighted by atomic mass is 16.2. The maximum absolute atomic E-state index is 11.8. The minimum absolute atomic E-state index is 0.155. The number of unbranched alkanes of at least 4 members (excludes halogenated alkanes) is 1. The quantitative estimate of drug-likeness (QED) is 0.727. The van der Waals surface area contributed by atoms with Crippen LogP contribution in [-0.2, 0) is 4.79 Å². The Kier molecular flexibility index (Phi) is 6.02. The van der Waals surface area contributed by atoms with Crippen LogP contribution in [0.15, 0.2) is 24.3 Å². The van der Waals surface area contributed by atoms with Gasteiger partial charge in [-0.25, -0.2) is 0 Å². The first kappa shape index (κ1) is 15.2. The third-order valence-electron chi connectivity index (χ3n) is 2.85. The number of nitrogens with one attached hydrogen (secondary N) is 2. The van der Waals surface area contributed by atoms with Crippen molar-refractivity contribution in [2.75, 3.05) is 12.4 Å². The number of hydrogen-bond donors (Lipinski definition) is 3. The van der Waals surface area contributed by atoms with E-state index in [9.17, 15) is 9.59 Å². The van der Waals surface area contributed by atoms with Crippen molar-refractivity contribution in [3.8, 4) is 0 Å². The number of benzene rings is 1. The Morgan fingerprint density at radius 3 is 2.42 bits per heavy atom. The molecule has 0 saturated heterocycles. The van der Waals surface area contributed by atoms with Crippen LogP contribution in [-0.4, -0.2) is 24.9 Å². The standard InChI is InChI=1S/C14H21N3O2/c1-3-4-5-12(15)14(19)17-11-8-6-10(7-9-11)13(18)16-2/h6-9,12H,3-5,15H2,1-2H3,(H,16,18)(H,17,19)/t12-/m0/s1. The van der Waals surface area contributed by atoms with Crippen LogP contribution >= 0.6 is 0 Å². The molecule has 1 aromatic rings. The summed E-state index contributed by atoms with van der Waals surface area (Å²) in [6, 6.07) is 6.21. The molecule has 0 unspecified atom stereocenters. The Bertz CT molecular complexity index is 429. The molecule has 1 aromatic carbocycles. The van der Waals surface area contributed by atoms with Crippen molar-refractivity contribution in [2.24, 2.45) is 5.73 Å². The maximum atomic E-state index is 11.8. The fourth-order valence-corrected chi connectivity index (χ4v) is 1.64. The highest BCUT2D eigenvalue weighted by Crippen LogP contribution is 2.10. The second-order valence-electron chi connectivity index (χ2n) is 4.39. The summed E-state index contributed by atoms with van der Waals surface area (Å²) in [5.41, 5.74) is 6.97. The Labute approximate surface area is 113 Å². The first-order chi connectivity index (χ1) is 9.08. The second-order valence-corrected chi connectivity index (χ2v) is 4.39. The van der Waals surface area contributed by atoms with E-state index in [0.717, 1.165) is 12.8 Å². The molecule has 0 saturated carbocycles. The summed E-state index contributed by atoms with van der Waals surface area (Å²) < 4.78 is 0. The molecule has 5 nitrogen and oxygen atoms in total. The van der Waals surface area contributed by atoms with Crippen LogP contribution < -0.4 is 16.4 Å². The van der Waals surface area contributed by atoms with E-state index in [0.29, 0.717) is 17.7 Å². The molecule has 0 radical (unpaired) electrons. The van der Waals surface area contributed by atoms with Crippen LogP contribution in [0.3, 0.4) is 0 Å². The largest absolute Gasteiger partial charge is 0.355 e. The van der Waals surface area contributed by atoms with Crippen LogP contribution in [0.1, 0.15) is 36.5 Å². The minimum Gasteiger partial charge on any atom is -0.355 e. The SMILES string of the molecule is CCCC[C@H](N)C(=O)Nc1ccc(C(=O)NC)cc1. The summed E-state index contributed by atoms with van der Waals surface area (Å²) in [5.74, 6) is -0.348. The molecular formula is C14H21N3O2. The van der Waals surface area contributed by atoms with Gasteiger partial charge in [0.25, 0.3) is 5.91 Å². The zero-order chi connectivity index (χ0) is 14.3. The van der Waals surface area contributed by atoms with Crippen molar-refractivity contribution in [2.45, 2.75) is 32.2 Å². The Morgan fingerprint density at radius 1 is 1.26 bits per heavy atom. The molecule has 0 aliphatic heterocycles. The van der Waals surface area contributed by atoms with E-state index in [-0.39, 0.29) is 11.8 Å². The van der Waals surface area contributed by atoms with Crippen molar-refractivity contribution >= 4 is 17.5 Å². The molecule has 104 valence electrons. The highest BCUT2D eigenvalue weighted by molar-refractivity contribution is 5.96. The van der Waals surface area contributed by atoms with E-state index >= 15 is 0 Å². The molecular weight excluding hydrogens is 242 g/mol. The third kappa shape index (κ3) is 4.71. The molecule has 0 aromatic heterocycles. The monoisotopic (exact) mass is 263 g/mol. The van der Waals surface area contributed by atoms with Crippen molar-refractivity contribution < 1.29 is 9.59 Å². The fourth-order valence-electron chi connectivity index (χ4n) is 1.64. The molecule has 0 aliphatic carbocycles. The third-order valence-corrected chi connectivity index (χ3v) is 2.85. The summed E-state index contributed by atoms with van der Waals surface area (Å²) >= 11 is 0. The van der Waals surface area contributed by atoms with Gasteiger partial charge in [-0.1, -0.05) is 19.8 Å². The van der Waals surface area contributed by atoms with E-state index in [4.69, 9.17) is 5.73 Å². The number of anilines is 1. The maximum Gasteiger partial charge on any atom is 0.251 e. The van der Waals surface area contributed by atoms with Crippen LogP contribution in [0, 0.1) is 0 Å². The van der Waals surface area contributed by atoms with E-state index < -0.39 is 6.04 Å². The molecule has 0 aliphatic rings. The molecule has 0 heterocycles. The first-order valence-electron chi connectivity index (χ1n) is 6.47. The van der Waals surface area contributed by atoms with Gasteiger partial charge in [-0.3, -0.25) is 9.59 Å². The molecule has 1 rings (SSSR count). The lowest BCUT2D eigenvalue weighted by atomic mass is 10.1. The highest BCUT2D eigenvalue weighted by Gasteiger charge is 2.12. The summed E-state index contributed by atoms with van der Waals surface area (Å²) in [6.45, 7) is 2.06. The summed E-state index contributed by atoms with van der Waals surface area (Å²) in [6.07, 6.45) is 2.63. The minimum atomic E-state index is -0.487. The van der Waals surface area contributed by atoms with Gasteiger partial charge < -0.3 is 16.4 Å². The van der Waals surface area contributed by atoms with Crippen LogP contribution in [0.25, 0.3) is 0 Å². The summed E-state index contributed by atoms with van der Waals surface area (Å²) in [7, 11) is 1.57. The number of carbonyl (C=O) groups excluding carboxylic acids is 2. The van der Waals surface area contributed by atoms with Gasteiger partial charge in [-0.05, 0) is 30.7 Å². The second kappa shape index (κ2) is 7.53. The average molecular weight is 263 g/mol. The van der Waals surface area contributed by atoms with E-state index in [1.54, 1.807) is 31.3 Å². The number of rotatable bonds is 6. The predicted molar refractivity (Wildman–Crippen MR) is 76.0 cm³/mol. The molecule has 0 fully saturated rings. The Balaban J connectivity index is 2.57. The van der Waals surface area contributed by atoms with E-state index in [1.165, 1.54) is 0 Å². The van der Waals surface area contributed by atoms with Gasteiger partial charge in [-0.15, -0.1) is 0 Å². The fraction of sp³-hybridized carbons (Fsp3) is 0.429. The normalized spacial score (nSPS) is 11.7. The first-order valence-corrected chi connectivity index (χ1v) is 6.47. The van der Waals surface area contributed by atoms with Gasteiger partial charge in [-0.2, -0.15) is 0 Å². The average Bonchev–Trinajstić information content (AvgIpc) is 2.44. The van der Waals surface area contributed by atoms with Gasteiger partial charge in [0.2, 0.25) is 5.91 Å². The molecule has 0 spiro atoms. The van der Waals surface area contributed by atoms with E-state index in [1.807, 2.05) is 0 Å². The Hall–Kier alpha value is -1.88. The van der Waals surface area contributed by atoms with Crippen molar-refractivity contribution in [3.63, 3.8) is 0 Å². The number of carbonyl (C=O) groups is 2. The van der Waals surface area contributed by atoms with E-state index in [2.05, 4.69) is 17.6 Å². The van der Waals surface area contributed by atoms with Crippen LogP contribution in [0.5, 0.6) is 0 Å². The van der Waals surface area contributed by atoms with Crippen molar-refractivity contribution in [3.05, 3.63) is 29.8 Å². The Morgan fingerprint density at radius 2 is 1.89 bits per heavy atom. The summed E-state index contributed by atoms with van der Waals surface area (Å²) in [5, 5.41) is 5.28. The molecule has 0 bridgehead atoms. The predicted octanol–water partition coefficient (Wildman–Crippen LogP) is 1.50. The number of amides is 2. The number of nitrogens with two attached hydrogens (primary N) is 1. The van der Waals surface area contributed by atoms with Crippen molar-refractivity contribution in [1.29, 1.82) is 0 Å². The van der Waals surface area contributed by atoms with Gasteiger partial charge in [0, 0.05) is 18.3 Å². The molecule has 1 atom stereocenters. The summed E-state index contributed by atoms with van der Waals surface area (Å²) in [4.78, 5) is 23.1. The zero-order valence-corrected chi connectivity index (χ0v) is 11.4. The van der Waals surface area contributed by atoms with Gasteiger partial charge in [0.1, 0.15) is 0 Å². The molecule has 2 amide bonds. The van der Waals surface area contributed by atoms with Crippen LogP contribution in [0.4, 0.5) is 5.69 Å². The lowest BCUT2D eigenvalue weighted by Gasteiger charge is -2.12. The smallest absolute Gasteiger partial charge is 0.251 e.